The smallest absolute Gasteiger partial charge is 0.419 e. The highest BCUT2D eigenvalue weighted by molar-refractivity contribution is 5.91. The lowest BCUT2D eigenvalue weighted by molar-refractivity contribution is -0.139. The van der Waals surface area contributed by atoms with Crippen LogP contribution in [0.15, 0.2) is 66.6 Å². The maximum atomic E-state index is 13.5. The molecule has 1 aliphatic carbocycles. The van der Waals surface area contributed by atoms with Crippen molar-refractivity contribution in [1.29, 1.82) is 0 Å². The number of aromatic nitrogens is 1. The number of ether oxygens (including phenoxy) is 2. The van der Waals surface area contributed by atoms with Crippen LogP contribution in [0.3, 0.4) is 0 Å². The highest BCUT2D eigenvalue weighted by Crippen LogP contribution is 2.51. The van der Waals surface area contributed by atoms with Crippen LogP contribution >= 0.6 is 0 Å². The fourth-order valence-corrected chi connectivity index (χ4v) is 4.40. The Balaban J connectivity index is 1.24. The molecule has 0 spiro atoms. The van der Waals surface area contributed by atoms with E-state index in [4.69, 9.17) is 9.47 Å². The first-order valence-electron chi connectivity index (χ1n) is 11.5. The number of pyridine rings is 1. The molecule has 0 bridgehead atoms. The van der Waals surface area contributed by atoms with E-state index in [0.717, 1.165) is 11.6 Å². The summed E-state index contributed by atoms with van der Waals surface area (Å²) in [4.78, 5) is 28.1. The summed E-state index contributed by atoms with van der Waals surface area (Å²) in [6, 6.07) is 2.36. The fourth-order valence-electron chi connectivity index (χ4n) is 4.40. The maximum Gasteiger partial charge on any atom is 0.419 e. The summed E-state index contributed by atoms with van der Waals surface area (Å²) in [7, 11) is 0. The van der Waals surface area contributed by atoms with E-state index in [-0.39, 0.29) is 36.9 Å². The minimum absolute atomic E-state index is 0.148. The molecule has 1 aromatic carbocycles. The molecule has 9 nitrogen and oxygen atoms in total. The molecule has 4 amide bonds. The quantitative estimate of drug-likeness (QED) is 0.411. The van der Waals surface area contributed by atoms with Crippen LogP contribution in [0.25, 0.3) is 0 Å². The van der Waals surface area contributed by atoms with E-state index in [1.165, 1.54) is 6.20 Å². The normalized spacial score (nSPS) is 23.5. The first-order valence-corrected chi connectivity index (χ1v) is 11.5. The zero-order valence-electron chi connectivity index (χ0n) is 19.6. The second-order valence-corrected chi connectivity index (χ2v) is 8.61. The molecule has 2 aromatic rings. The Bertz CT molecular complexity index is 1370. The van der Waals surface area contributed by atoms with Crippen molar-refractivity contribution in [3.63, 3.8) is 0 Å². The first-order chi connectivity index (χ1) is 18.2. The number of allylic oxidation sites excluding steroid dienone is 3. The average Bonchev–Trinajstić information content (AvgIpc) is 3.38. The van der Waals surface area contributed by atoms with E-state index in [1.54, 1.807) is 24.3 Å². The van der Waals surface area contributed by atoms with E-state index in [0.29, 0.717) is 35.0 Å². The van der Waals surface area contributed by atoms with Crippen molar-refractivity contribution in [1.82, 2.24) is 15.6 Å². The maximum absolute atomic E-state index is 13.5. The summed E-state index contributed by atoms with van der Waals surface area (Å²) in [5.41, 5.74) is -0.202. The van der Waals surface area contributed by atoms with Gasteiger partial charge in [0.2, 0.25) is 0 Å². The third kappa shape index (κ3) is 4.99. The molecule has 3 heterocycles. The number of alkyl halides is 3. The van der Waals surface area contributed by atoms with Gasteiger partial charge in [-0.1, -0.05) is 12.7 Å². The summed E-state index contributed by atoms with van der Waals surface area (Å²) >= 11 is 0. The summed E-state index contributed by atoms with van der Waals surface area (Å²) in [5.74, 6) is -0.124. The van der Waals surface area contributed by atoms with Crippen LogP contribution < -0.4 is 26.0 Å². The third-order valence-electron chi connectivity index (χ3n) is 6.17. The van der Waals surface area contributed by atoms with Gasteiger partial charge in [0.25, 0.3) is 0 Å². The van der Waals surface area contributed by atoms with Gasteiger partial charge < -0.3 is 25.4 Å². The van der Waals surface area contributed by atoms with Crippen LogP contribution in [0.2, 0.25) is 0 Å². The molecule has 1 aromatic heterocycles. The Kier molecular flexibility index (Phi) is 6.43. The van der Waals surface area contributed by atoms with Crippen molar-refractivity contribution in [2.24, 2.45) is 5.92 Å². The lowest BCUT2D eigenvalue weighted by atomic mass is 10.1. The number of hydrogen-bond acceptors (Lipinski definition) is 5. The fraction of sp³-hybridized carbons (Fsp3) is 0.240. The number of nitrogens with zero attached hydrogens (tertiary/aromatic N) is 1. The monoisotopic (exact) mass is 531 g/mol. The Hall–Kier alpha value is -4.55. The van der Waals surface area contributed by atoms with Gasteiger partial charge in [0.1, 0.15) is 35.9 Å². The molecule has 1 saturated heterocycles. The van der Waals surface area contributed by atoms with Gasteiger partial charge in [-0.25, -0.2) is 19.0 Å². The van der Waals surface area contributed by atoms with Crippen molar-refractivity contribution >= 4 is 23.6 Å². The molecular weight excluding hydrogens is 510 g/mol. The second kappa shape index (κ2) is 9.72. The third-order valence-corrected chi connectivity index (χ3v) is 6.17. The predicted octanol–water partition coefficient (Wildman–Crippen LogP) is 4.47. The minimum Gasteiger partial charge on any atom is -0.489 e. The number of anilines is 2. The van der Waals surface area contributed by atoms with Crippen molar-refractivity contribution in [2.45, 2.75) is 24.9 Å². The number of carbonyl (C=O) groups is 2. The van der Waals surface area contributed by atoms with Gasteiger partial charge in [-0.15, -0.1) is 0 Å². The number of hydrogen-bond donors (Lipinski definition) is 4. The van der Waals surface area contributed by atoms with Crippen molar-refractivity contribution in [3.05, 3.63) is 83.5 Å². The molecule has 3 aliphatic rings. The van der Waals surface area contributed by atoms with Crippen LogP contribution in [0.1, 0.15) is 11.1 Å². The standard InChI is InChI=1S/C25H21F4N5O4/c1-2-3-18-13(7-9-37-17-6-8-30-22-14(17)11-31-23(35)34-22)19-20(21(19)38-18)33-24(36)32-12-4-5-16(26)15(10-12)25(27,28)29/h2-8,10,19-21H,1,9,11H2,(H2,32,33,36)(H2,30,31,34,35)/b13-7+,18-3+/t19-,20+,21-/m0/s1. The number of carbonyl (C=O) groups excluding carboxylic acids is 2. The predicted molar refractivity (Wildman–Crippen MR) is 128 cm³/mol. The SMILES string of the molecule is C=C/C=C1/O[C@@H]2[C@H](NC(=O)Nc3ccc(F)c(C(F)(F)F)c3)[C@@H]2/C1=C/COc1ccnc2c1CNC(=O)N2. The highest BCUT2D eigenvalue weighted by Gasteiger charge is 2.61. The largest absolute Gasteiger partial charge is 0.489 e. The van der Waals surface area contributed by atoms with Crippen molar-refractivity contribution in [3.8, 4) is 5.75 Å². The zero-order valence-corrected chi connectivity index (χ0v) is 19.6. The lowest BCUT2D eigenvalue weighted by Crippen LogP contribution is -2.34. The van der Waals surface area contributed by atoms with Crippen molar-refractivity contribution in [2.75, 3.05) is 17.2 Å². The number of benzene rings is 1. The van der Waals surface area contributed by atoms with Crippen LogP contribution in [0, 0.1) is 11.7 Å². The highest BCUT2D eigenvalue weighted by atomic mass is 19.4. The average molecular weight is 531 g/mol. The van der Waals surface area contributed by atoms with E-state index < -0.39 is 29.6 Å². The first kappa shape index (κ1) is 25.1. The van der Waals surface area contributed by atoms with E-state index in [2.05, 4.69) is 32.8 Å². The van der Waals surface area contributed by atoms with E-state index >= 15 is 0 Å². The number of halogens is 4. The molecule has 2 aliphatic heterocycles. The van der Waals surface area contributed by atoms with Crippen LogP contribution in [0.4, 0.5) is 38.7 Å². The molecule has 0 unspecified atom stereocenters. The van der Waals surface area contributed by atoms with Gasteiger partial charge in [0, 0.05) is 17.5 Å². The summed E-state index contributed by atoms with van der Waals surface area (Å²) in [5, 5.41) is 10.2. The number of urea groups is 2. The molecule has 3 atom stereocenters. The van der Waals surface area contributed by atoms with Gasteiger partial charge in [-0.2, -0.15) is 13.2 Å². The molecular formula is C25H21F4N5O4. The number of fused-ring (bicyclic) bond motifs is 2. The Morgan fingerprint density at radius 1 is 1.32 bits per heavy atom. The number of rotatable bonds is 6. The number of amides is 4. The molecule has 2 fully saturated rings. The molecule has 5 rings (SSSR count). The van der Waals surface area contributed by atoms with Gasteiger partial charge in [-0.3, -0.25) is 5.32 Å². The molecule has 0 radical (unpaired) electrons. The van der Waals surface area contributed by atoms with E-state index in [9.17, 15) is 27.2 Å². The molecule has 38 heavy (non-hydrogen) atoms. The van der Waals surface area contributed by atoms with Gasteiger partial charge in [-0.05, 0) is 36.4 Å². The summed E-state index contributed by atoms with van der Waals surface area (Å²) < 4.78 is 64.2. The lowest BCUT2D eigenvalue weighted by Gasteiger charge is -2.19. The molecule has 198 valence electrons. The Morgan fingerprint density at radius 3 is 2.89 bits per heavy atom. The Labute approximate surface area is 213 Å². The minimum atomic E-state index is -4.89. The van der Waals surface area contributed by atoms with Gasteiger partial charge in [0.05, 0.1) is 29.6 Å². The summed E-state index contributed by atoms with van der Waals surface area (Å²) in [6.45, 7) is 4.08. The van der Waals surface area contributed by atoms with Gasteiger partial charge in [0.15, 0.2) is 0 Å². The van der Waals surface area contributed by atoms with E-state index in [1.807, 2.05) is 0 Å². The second-order valence-electron chi connectivity index (χ2n) is 8.61. The zero-order chi connectivity index (χ0) is 27.0. The topological polar surface area (TPSA) is 114 Å². The van der Waals surface area contributed by atoms with Crippen LogP contribution in [0.5, 0.6) is 5.75 Å². The Morgan fingerprint density at radius 2 is 2.13 bits per heavy atom. The van der Waals surface area contributed by atoms with Crippen molar-refractivity contribution < 1.29 is 36.6 Å². The molecule has 4 N–H and O–H groups in total. The van der Waals surface area contributed by atoms with Crippen LogP contribution in [-0.4, -0.2) is 35.8 Å². The summed E-state index contributed by atoms with van der Waals surface area (Å²) in [6.07, 6.45) is 1.30. The van der Waals surface area contributed by atoms with Crippen LogP contribution in [-0.2, 0) is 17.5 Å². The van der Waals surface area contributed by atoms with Gasteiger partial charge >= 0.3 is 18.2 Å². The number of nitrogens with one attached hydrogen (secondary N) is 4. The molecule has 1 saturated carbocycles. The molecule has 13 heteroatoms.